The quantitative estimate of drug-likeness (QED) is 0.848. The van der Waals surface area contributed by atoms with E-state index in [1.165, 1.54) is 6.42 Å². The maximum Gasteiger partial charge on any atom is 0.260 e. The SMILES string of the molecule is CCC1CCCCN1C(=O)COc1ccc(Cl)c2cccnc12. The molecule has 1 aromatic carbocycles. The van der Waals surface area contributed by atoms with Crippen molar-refractivity contribution in [2.45, 2.75) is 38.6 Å². The Kier molecular flexibility index (Phi) is 5.01. The lowest BCUT2D eigenvalue weighted by molar-refractivity contribution is -0.137. The van der Waals surface area contributed by atoms with Crippen molar-refractivity contribution in [1.82, 2.24) is 9.88 Å². The third-order valence-electron chi connectivity index (χ3n) is 4.45. The maximum atomic E-state index is 12.5. The second-order valence-electron chi connectivity index (χ2n) is 5.88. The van der Waals surface area contributed by atoms with Crippen molar-refractivity contribution in [3.63, 3.8) is 0 Å². The number of rotatable bonds is 4. The summed E-state index contributed by atoms with van der Waals surface area (Å²) in [5.41, 5.74) is 0.693. The van der Waals surface area contributed by atoms with Gasteiger partial charge in [0.2, 0.25) is 0 Å². The monoisotopic (exact) mass is 332 g/mol. The second-order valence-corrected chi connectivity index (χ2v) is 6.29. The number of piperidine rings is 1. The molecule has 1 atom stereocenters. The van der Waals surface area contributed by atoms with Crippen LogP contribution >= 0.6 is 11.6 Å². The molecule has 3 rings (SSSR count). The Balaban J connectivity index is 1.73. The van der Waals surface area contributed by atoms with Crippen LogP contribution in [0.2, 0.25) is 5.02 Å². The fourth-order valence-electron chi connectivity index (χ4n) is 3.20. The Bertz CT molecular complexity index is 704. The van der Waals surface area contributed by atoms with Gasteiger partial charge in [0.25, 0.3) is 5.91 Å². The van der Waals surface area contributed by atoms with Crippen LogP contribution in [-0.2, 0) is 4.79 Å². The minimum atomic E-state index is 0.0454. The Hall–Kier alpha value is -1.81. The highest BCUT2D eigenvalue weighted by atomic mass is 35.5. The van der Waals surface area contributed by atoms with Gasteiger partial charge in [0.1, 0.15) is 11.3 Å². The highest BCUT2D eigenvalue weighted by Gasteiger charge is 2.25. The van der Waals surface area contributed by atoms with Crippen LogP contribution < -0.4 is 4.74 Å². The number of nitrogens with zero attached hydrogens (tertiary/aromatic N) is 2. The van der Waals surface area contributed by atoms with Crippen molar-refractivity contribution in [2.75, 3.05) is 13.2 Å². The minimum absolute atomic E-state index is 0.0454. The number of amides is 1. The molecule has 1 aliphatic rings. The van der Waals surface area contributed by atoms with E-state index in [0.717, 1.165) is 31.2 Å². The molecule has 23 heavy (non-hydrogen) atoms. The summed E-state index contributed by atoms with van der Waals surface area (Å²) in [7, 11) is 0. The third kappa shape index (κ3) is 3.42. The average Bonchev–Trinajstić information content (AvgIpc) is 2.61. The number of halogens is 1. The second kappa shape index (κ2) is 7.18. The number of ether oxygens (including phenoxy) is 1. The molecule has 4 nitrogen and oxygen atoms in total. The van der Waals surface area contributed by atoms with E-state index < -0.39 is 0 Å². The van der Waals surface area contributed by atoms with Gasteiger partial charge in [-0.15, -0.1) is 0 Å². The van der Waals surface area contributed by atoms with E-state index in [-0.39, 0.29) is 12.5 Å². The lowest BCUT2D eigenvalue weighted by atomic mass is 10.00. The van der Waals surface area contributed by atoms with Crippen molar-refractivity contribution in [3.05, 3.63) is 35.5 Å². The molecule has 1 fully saturated rings. The highest BCUT2D eigenvalue weighted by molar-refractivity contribution is 6.35. The molecule has 1 unspecified atom stereocenters. The first-order valence-corrected chi connectivity index (χ1v) is 8.54. The van der Waals surface area contributed by atoms with E-state index in [0.29, 0.717) is 22.3 Å². The van der Waals surface area contributed by atoms with Gasteiger partial charge in [0, 0.05) is 24.2 Å². The molecule has 1 amide bonds. The van der Waals surface area contributed by atoms with E-state index in [1.54, 1.807) is 18.3 Å². The number of hydrogen-bond donors (Lipinski definition) is 0. The van der Waals surface area contributed by atoms with E-state index in [9.17, 15) is 4.79 Å². The summed E-state index contributed by atoms with van der Waals surface area (Å²) in [5, 5.41) is 1.47. The van der Waals surface area contributed by atoms with Gasteiger partial charge in [0.05, 0.1) is 5.02 Å². The van der Waals surface area contributed by atoms with E-state index in [1.807, 2.05) is 17.0 Å². The topological polar surface area (TPSA) is 42.4 Å². The first-order chi connectivity index (χ1) is 11.2. The van der Waals surface area contributed by atoms with Crippen LogP contribution in [0.1, 0.15) is 32.6 Å². The highest BCUT2D eigenvalue weighted by Crippen LogP contribution is 2.29. The number of aromatic nitrogens is 1. The third-order valence-corrected chi connectivity index (χ3v) is 4.78. The standard InChI is InChI=1S/C18H21ClN2O2/c1-2-13-6-3-4-11-21(13)17(22)12-23-16-9-8-15(19)14-7-5-10-20-18(14)16/h5,7-10,13H,2-4,6,11-12H2,1H3. The van der Waals surface area contributed by atoms with Crippen molar-refractivity contribution >= 4 is 28.4 Å². The van der Waals surface area contributed by atoms with Gasteiger partial charge in [-0.05, 0) is 49.9 Å². The van der Waals surface area contributed by atoms with Crippen LogP contribution in [-0.4, -0.2) is 35.0 Å². The van der Waals surface area contributed by atoms with Crippen LogP contribution in [0.3, 0.4) is 0 Å². The minimum Gasteiger partial charge on any atom is -0.481 e. The molecule has 2 aromatic rings. The van der Waals surface area contributed by atoms with Crippen LogP contribution in [0.4, 0.5) is 0 Å². The number of carbonyl (C=O) groups excluding carboxylic acids is 1. The molecular weight excluding hydrogens is 312 g/mol. The van der Waals surface area contributed by atoms with Crippen molar-refractivity contribution in [3.8, 4) is 5.75 Å². The van der Waals surface area contributed by atoms with Crippen molar-refractivity contribution in [1.29, 1.82) is 0 Å². The molecule has 0 radical (unpaired) electrons. The number of hydrogen-bond acceptors (Lipinski definition) is 3. The largest absolute Gasteiger partial charge is 0.481 e. The molecule has 122 valence electrons. The van der Waals surface area contributed by atoms with E-state index in [2.05, 4.69) is 11.9 Å². The Morgan fingerprint density at radius 1 is 1.39 bits per heavy atom. The molecule has 0 N–H and O–H groups in total. The molecule has 5 heteroatoms. The zero-order valence-electron chi connectivity index (χ0n) is 13.3. The van der Waals surface area contributed by atoms with E-state index in [4.69, 9.17) is 16.3 Å². The molecule has 1 saturated heterocycles. The van der Waals surface area contributed by atoms with Gasteiger partial charge in [-0.1, -0.05) is 18.5 Å². The van der Waals surface area contributed by atoms with Crippen molar-refractivity contribution in [2.24, 2.45) is 0 Å². The average molecular weight is 333 g/mol. The van der Waals surface area contributed by atoms with Gasteiger partial charge < -0.3 is 9.64 Å². The zero-order valence-corrected chi connectivity index (χ0v) is 14.1. The number of carbonyl (C=O) groups is 1. The summed E-state index contributed by atoms with van der Waals surface area (Å²) < 4.78 is 5.77. The van der Waals surface area contributed by atoms with Gasteiger partial charge in [-0.2, -0.15) is 0 Å². The molecule has 0 aliphatic carbocycles. The number of fused-ring (bicyclic) bond motifs is 1. The van der Waals surface area contributed by atoms with Crippen molar-refractivity contribution < 1.29 is 9.53 Å². The predicted molar refractivity (Wildman–Crippen MR) is 91.9 cm³/mol. The molecule has 1 aliphatic heterocycles. The number of likely N-dealkylation sites (tertiary alicyclic amines) is 1. The molecule has 2 heterocycles. The predicted octanol–water partition coefficient (Wildman–Crippen LogP) is 4.06. The van der Waals surface area contributed by atoms with Crippen LogP contribution in [0.25, 0.3) is 10.9 Å². The Labute approximate surface area is 141 Å². The van der Waals surface area contributed by atoms with Gasteiger partial charge in [-0.25, -0.2) is 0 Å². The van der Waals surface area contributed by atoms with Crippen LogP contribution in [0, 0.1) is 0 Å². The lowest BCUT2D eigenvalue weighted by Crippen LogP contribution is -2.45. The van der Waals surface area contributed by atoms with Crippen LogP contribution in [0.15, 0.2) is 30.5 Å². The Morgan fingerprint density at radius 3 is 3.09 bits per heavy atom. The fraction of sp³-hybridized carbons (Fsp3) is 0.444. The summed E-state index contributed by atoms with van der Waals surface area (Å²) in [6.07, 6.45) is 6.07. The summed E-state index contributed by atoms with van der Waals surface area (Å²) in [5.74, 6) is 0.652. The number of pyridine rings is 1. The van der Waals surface area contributed by atoms with Gasteiger partial charge in [-0.3, -0.25) is 9.78 Å². The molecular formula is C18H21ClN2O2. The molecule has 0 bridgehead atoms. The summed E-state index contributed by atoms with van der Waals surface area (Å²) in [6.45, 7) is 3.01. The normalized spacial score (nSPS) is 18.2. The summed E-state index contributed by atoms with van der Waals surface area (Å²) >= 11 is 6.18. The summed E-state index contributed by atoms with van der Waals surface area (Å²) in [6, 6.07) is 7.64. The van der Waals surface area contributed by atoms with Gasteiger partial charge >= 0.3 is 0 Å². The first-order valence-electron chi connectivity index (χ1n) is 8.16. The zero-order chi connectivity index (χ0) is 16.2. The molecule has 0 spiro atoms. The van der Waals surface area contributed by atoms with Crippen LogP contribution in [0.5, 0.6) is 5.75 Å². The number of benzene rings is 1. The lowest BCUT2D eigenvalue weighted by Gasteiger charge is -2.35. The smallest absolute Gasteiger partial charge is 0.260 e. The Morgan fingerprint density at radius 2 is 2.26 bits per heavy atom. The maximum absolute atomic E-state index is 12.5. The fourth-order valence-corrected chi connectivity index (χ4v) is 3.42. The summed E-state index contributed by atoms with van der Waals surface area (Å²) in [4.78, 5) is 18.8. The molecule has 0 saturated carbocycles. The first kappa shape index (κ1) is 16.1. The van der Waals surface area contributed by atoms with Gasteiger partial charge in [0.15, 0.2) is 6.61 Å². The molecule has 1 aromatic heterocycles. The van der Waals surface area contributed by atoms with E-state index >= 15 is 0 Å².